The molecule has 2 fully saturated rings. The summed E-state index contributed by atoms with van der Waals surface area (Å²) < 4.78 is 6.70. The van der Waals surface area contributed by atoms with E-state index in [0.29, 0.717) is 6.42 Å². The lowest BCUT2D eigenvalue weighted by molar-refractivity contribution is -0.149. The molecule has 0 bridgehead atoms. The van der Waals surface area contributed by atoms with Gasteiger partial charge in [0.15, 0.2) is 0 Å². The highest BCUT2D eigenvalue weighted by Crippen LogP contribution is 2.37. The predicted octanol–water partition coefficient (Wildman–Crippen LogP) is 7.65. The molecule has 3 heteroatoms. The lowest BCUT2D eigenvalue weighted by Gasteiger charge is -2.32. The monoisotopic (exact) mass is 460 g/mol. The highest BCUT2D eigenvalue weighted by atomic mass is 79.9. The molecule has 0 aliphatic heterocycles. The summed E-state index contributed by atoms with van der Waals surface area (Å²) in [6.45, 7) is 3.60. The first-order valence-electron chi connectivity index (χ1n) is 11.7. The van der Waals surface area contributed by atoms with Gasteiger partial charge in [-0.15, -0.1) is 6.58 Å². The molecule has 0 unspecified atom stereocenters. The Kier molecular flexibility index (Phi) is 9.30. The maximum atomic E-state index is 11.6. The predicted molar refractivity (Wildman–Crippen MR) is 124 cm³/mol. The molecule has 1 aromatic rings. The number of benzene rings is 1. The van der Waals surface area contributed by atoms with Gasteiger partial charge in [-0.3, -0.25) is 4.79 Å². The Morgan fingerprint density at radius 2 is 1.41 bits per heavy atom. The molecule has 0 spiro atoms. The van der Waals surface area contributed by atoms with Crippen LogP contribution in [0.4, 0.5) is 0 Å². The van der Waals surface area contributed by atoms with Crippen LogP contribution in [-0.4, -0.2) is 12.1 Å². The van der Waals surface area contributed by atoms with Crippen molar-refractivity contribution in [3.8, 4) is 0 Å². The average Bonchev–Trinajstić information content (AvgIpc) is 2.74. The van der Waals surface area contributed by atoms with Gasteiger partial charge in [0.1, 0.15) is 6.10 Å². The van der Waals surface area contributed by atoms with Crippen molar-refractivity contribution in [3.05, 3.63) is 47.0 Å². The van der Waals surface area contributed by atoms with Crippen LogP contribution in [0.2, 0.25) is 0 Å². The van der Waals surface area contributed by atoms with Crippen LogP contribution in [-0.2, 0) is 16.0 Å². The van der Waals surface area contributed by atoms with Gasteiger partial charge in [0, 0.05) is 4.47 Å². The zero-order valence-corrected chi connectivity index (χ0v) is 19.4. The molecular weight excluding hydrogens is 424 g/mol. The van der Waals surface area contributed by atoms with Gasteiger partial charge in [0.2, 0.25) is 0 Å². The second kappa shape index (κ2) is 11.9. The number of carbonyl (C=O) groups is 1. The Bertz CT molecular complexity index is 623. The fourth-order valence-electron chi connectivity index (χ4n) is 5.19. The molecule has 0 heterocycles. The summed E-state index contributed by atoms with van der Waals surface area (Å²) in [7, 11) is 0. The summed E-state index contributed by atoms with van der Waals surface area (Å²) in [5, 5.41) is 0. The lowest BCUT2D eigenvalue weighted by atomic mass is 9.75. The molecule has 29 heavy (non-hydrogen) atoms. The second-order valence-electron chi connectivity index (χ2n) is 9.25. The smallest absolute Gasteiger partial charge is 0.309 e. The summed E-state index contributed by atoms with van der Waals surface area (Å²) in [6.07, 6.45) is 17.8. The van der Waals surface area contributed by atoms with Crippen LogP contribution in [0.3, 0.4) is 0 Å². The first-order chi connectivity index (χ1) is 14.1. The molecule has 0 saturated heterocycles. The highest BCUT2D eigenvalue weighted by Gasteiger charge is 2.26. The molecular formula is C26H37BrO2. The van der Waals surface area contributed by atoms with Gasteiger partial charge in [0.25, 0.3) is 0 Å². The topological polar surface area (TPSA) is 26.3 Å². The highest BCUT2D eigenvalue weighted by molar-refractivity contribution is 9.10. The first kappa shape index (κ1) is 22.6. The maximum Gasteiger partial charge on any atom is 0.309 e. The number of hydrogen-bond acceptors (Lipinski definition) is 2. The van der Waals surface area contributed by atoms with Crippen LogP contribution < -0.4 is 0 Å². The van der Waals surface area contributed by atoms with E-state index in [9.17, 15) is 4.79 Å². The number of rotatable bonds is 9. The molecule has 2 aliphatic rings. The van der Waals surface area contributed by atoms with E-state index < -0.39 is 0 Å². The molecule has 0 atom stereocenters. The fourth-order valence-corrected chi connectivity index (χ4v) is 5.46. The summed E-state index contributed by atoms with van der Waals surface area (Å²) in [5.74, 6) is 2.61. The molecule has 0 aromatic heterocycles. The van der Waals surface area contributed by atoms with Crippen molar-refractivity contribution >= 4 is 21.9 Å². The van der Waals surface area contributed by atoms with E-state index in [4.69, 9.17) is 4.74 Å². The van der Waals surface area contributed by atoms with Crippen LogP contribution >= 0.6 is 15.9 Å². The van der Waals surface area contributed by atoms with Gasteiger partial charge in [0.05, 0.1) is 6.42 Å². The van der Waals surface area contributed by atoms with Gasteiger partial charge in [-0.05, 0) is 74.0 Å². The molecule has 2 nitrogen and oxygen atoms in total. The van der Waals surface area contributed by atoms with Crippen LogP contribution in [0.5, 0.6) is 0 Å². The Balaban J connectivity index is 1.26. The van der Waals surface area contributed by atoms with Gasteiger partial charge >= 0.3 is 5.97 Å². The third kappa shape index (κ3) is 7.92. The fraction of sp³-hybridized carbons (Fsp3) is 0.654. The van der Waals surface area contributed by atoms with Crippen molar-refractivity contribution < 1.29 is 9.53 Å². The van der Waals surface area contributed by atoms with Gasteiger partial charge in [-0.1, -0.05) is 72.7 Å². The summed E-state index contributed by atoms with van der Waals surface area (Å²) in [5.41, 5.74) is 1.47. The van der Waals surface area contributed by atoms with Gasteiger partial charge in [-0.2, -0.15) is 0 Å². The van der Waals surface area contributed by atoms with E-state index in [-0.39, 0.29) is 12.1 Å². The minimum atomic E-state index is -0.111. The molecule has 3 rings (SSSR count). The van der Waals surface area contributed by atoms with Crippen LogP contribution in [0.1, 0.15) is 82.6 Å². The van der Waals surface area contributed by atoms with E-state index >= 15 is 0 Å². The minimum Gasteiger partial charge on any atom is -0.462 e. The molecule has 0 radical (unpaired) electrons. The second-order valence-corrected chi connectivity index (χ2v) is 10.2. The number of aryl methyl sites for hydroxylation is 1. The van der Waals surface area contributed by atoms with Crippen molar-refractivity contribution in [2.75, 3.05) is 0 Å². The molecule has 0 N–H and O–H groups in total. The quantitative estimate of drug-likeness (QED) is 0.279. The minimum absolute atomic E-state index is 0.111. The first-order valence-corrected chi connectivity index (χ1v) is 12.5. The van der Waals surface area contributed by atoms with E-state index in [1.54, 1.807) is 6.08 Å². The SMILES string of the molecule is C=CCC(=O)OC1CCC(CCC2CCC(CCc3ccc(Br)cc3)CC2)CC1. The Labute approximate surface area is 185 Å². The van der Waals surface area contributed by atoms with Crippen LogP contribution in [0.15, 0.2) is 41.4 Å². The standard InChI is InChI=1S/C26H37BrO2/c1-2-3-26(28)29-25-18-14-23(15-19-25)11-9-21-6-4-20(5-7-21)8-10-22-12-16-24(27)17-13-22/h2,12-13,16-17,20-21,23,25H,1,3-11,14-15,18-19H2. The zero-order chi connectivity index (χ0) is 20.5. The van der Waals surface area contributed by atoms with E-state index in [2.05, 4.69) is 46.8 Å². The largest absolute Gasteiger partial charge is 0.462 e. The third-order valence-electron chi connectivity index (χ3n) is 7.11. The number of esters is 1. The molecule has 0 amide bonds. The third-order valence-corrected chi connectivity index (χ3v) is 7.64. The average molecular weight is 461 g/mol. The number of carbonyl (C=O) groups excluding carboxylic acids is 1. The van der Waals surface area contributed by atoms with Crippen molar-refractivity contribution in [1.82, 2.24) is 0 Å². The zero-order valence-electron chi connectivity index (χ0n) is 17.8. The number of halogens is 1. The van der Waals surface area contributed by atoms with Crippen LogP contribution in [0, 0.1) is 17.8 Å². The van der Waals surface area contributed by atoms with E-state index in [0.717, 1.165) is 30.6 Å². The summed E-state index contributed by atoms with van der Waals surface area (Å²) >= 11 is 3.52. The van der Waals surface area contributed by atoms with E-state index in [1.807, 2.05) is 0 Å². The number of hydrogen-bond donors (Lipinski definition) is 0. The molecule has 1 aromatic carbocycles. The summed E-state index contributed by atoms with van der Waals surface area (Å²) in [4.78, 5) is 11.6. The molecule has 2 saturated carbocycles. The molecule has 160 valence electrons. The van der Waals surface area contributed by atoms with Gasteiger partial charge in [-0.25, -0.2) is 0 Å². The Morgan fingerprint density at radius 1 is 0.897 bits per heavy atom. The van der Waals surface area contributed by atoms with Crippen molar-refractivity contribution in [1.29, 1.82) is 0 Å². The van der Waals surface area contributed by atoms with Crippen molar-refractivity contribution in [2.45, 2.75) is 89.6 Å². The van der Waals surface area contributed by atoms with Crippen LogP contribution in [0.25, 0.3) is 0 Å². The number of ether oxygens (including phenoxy) is 1. The Morgan fingerprint density at radius 3 is 1.97 bits per heavy atom. The van der Waals surface area contributed by atoms with Gasteiger partial charge < -0.3 is 4.74 Å². The Hall–Kier alpha value is -1.09. The van der Waals surface area contributed by atoms with Crippen molar-refractivity contribution in [2.24, 2.45) is 17.8 Å². The maximum absolute atomic E-state index is 11.6. The lowest BCUT2D eigenvalue weighted by Crippen LogP contribution is -2.24. The van der Waals surface area contributed by atoms with Crippen molar-refractivity contribution in [3.63, 3.8) is 0 Å². The normalized spacial score (nSPS) is 27.3. The summed E-state index contributed by atoms with van der Waals surface area (Å²) in [6, 6.07) is 8.83. The van der Waals surface area contributed by atoms with E-state index in [1.165, 1.54) is 74.2 Å². The molecule has 2 aliphatic carbocycles.